The van der Waals surface area contributed by atoms with Gasteiger partial charge in [0.1, 0.15) is 6.04 Å². The minimum atomic E-state index is -0.749. The van der Waals surface area contributed by atoms with E-state index in [-0.39, 0.29) is 24.8 Å². The van der Waals surface area contributed by atoms with Crippen molar-refractivity contribution in [3.05, 3.63) is 89.2 Å². The van der Waals surface area contributed by atoms with Crippen molar-refractivity contribution in [1.82, 2.24) is 15.2 Å². The highest BCUT2D eigenvalue weighted by Gasteiger charge is 2.39. The van der Waals surface area contributed by atoms with Gasteiger partial charge >= 0.3 is 0 Å². The third-order valence-corrected chi connectivity index (χ3v) is 5.60. The number of amides is 2. The molecule has 31 heavy (non-hydrogen) atoms. The van der Waals surface area contributed by atoms with Crippen molar-refractivity contribution in [2.75, 3.05) is 6.54 Å². The SMILES string of the molecule is O=C(NCc1ccc(Cl)cc1)C1CC(O)CN1C(=O)c1ccccc1-c1cccnc1. The van der Waals surface area contributed by atoms with Crippen LogP contribution in [0.2, 0.25) is 5.02 Å². The zero-order valence-electron chi connectivity index (χ0n) is 16.7. The molecule has 4 rings (SSSR count). The summed E-state index contributed by atoms with van der Waals surface area (Å²) in [5, 5.41) is 13.7. The van der Waals surface area contributed by atoms with E-state index in [0.29, 0.717) is 17.1 Å². The Hall–Kier alpha value is -3.22. The lowest BCUT2D eigenvalue weighted by molar-refractivity contribution is -0.125. The second kappa shape index (κ2) is 9.29. The number of benzene rings is 2. The highest BCUT2D eigenvalue weighted by atomic mass is 35.5. The largest absolute Gasteiger partial charge is 0.391 e. The van der Waals surface area contributed by atoms with Crippen LogP contribution in [0.3, 0.4) is 0 Å². The number of likely N-dealkylation sites (tertiary alicyclic amines) is 1. The summed E-state index contributed by atoms with van der Waals surface area (Å²) in [6, 6.07) is 17.4. The van der Waals surface area contributed by atoms with Gasteiger partial charge in [-0.3, -0.25) is 14.6 Å². The molecule has 7 heteroatoms. The second-order valence-corrected chi connectivity index (χ2v) is 7.93. The summed E-state index contributed by atoms with van der Waals surface area (Å²) in [6.45, 7) is 0.427. The zero-order chi connectivity index (χ0) is 21.8. The van der Waals surface area contributed by atoms with Crippen molar-refractivity contribution in [2.45, 2.75) is 25.1 Å². The summed E-state index contributed by atoms with van der Waals surface area (Å²) in [6.07, 6.45) is 2.82. The summed E-state index contributed by atoms with van der Waals surface area (Å²) >= 11 is 5.90. The molecule has 2 atom stereocenters. The molecule has 2 unspecified atom stereocenters. The van der Waals surface area contributed by atoms with Gasteiger partial charge in [0.05, 0.1) is 6.10 Å². The van der Waals surface area contributed by atoms with Gasteiger partial charge in [-0.15, -0.1) is 0 Å². The number of nitrogens with one attached hydrogen (secondary N) is 1. The quantitative estimate of drug-likeness (QED) is 0.644. The summed E-state index contributed by atoms with van der Waals surface area (Å²) in [5.41, 5.74) is 2.92. The van der Waals surface area contributed by atoms with Gasteiger partial charge in [-0.1, -0.05) is 48.0 Å². The van der Waals surface area contributed by atoms with Crippen molar-refractivity contribution in [3.63, 3.8) is 0 Å². The normalized spacial score (nSPS) is 18.1. The molecule has 0 spiro atoms. The maximum atomic E-state index is 13.4. The average molecular weight is 436 g/mol. The Morgan fingerprint density at radius 1 is 1.10 bits per heavy atom. The van der Waals surface area contributed by atoms with Crippen LogP contribution in [0.15, 0.2) is 73.1 Å². The number of halogens is 1. The molecule has 3 aromatic rings. The molecule has 0 saturated carbocycles. The Bertz CT molecular complexity index is 1070. The fourth-order valence-corrected chi connectivity index (χ4v) is 3.92. The number of carbonyl (C=O) groups excluding carboxylic acids is 2. The smallest absolute Gasteiger partial charge is 0.255 e. The highest BCUT2D eigenvalue weighted by molar-refractivity contribution is 6.30. The van der Waals surface area contributed by atoms with Crippen molar-refractivity contribution >= 4 is 23.4 Å². The van der Waals surface area contributed by atoms with Crippen molar-refractivity contribution in [2.24, 2.45) is 0 Å². The maximum absolute atomic E-state index is 13.4. The molecule has 0 bridgehead atoms. The van der Waals surface area contributed by atoms with E-state index in [1.165, 1.54) is 4.90 Å². The van der Waals surface area contributed by atoms with Crippen LogP contribution in [0, 0.1) is 0 Å². The summed E-state index contributed by atoms with van der Waals surface area (Å²) in [4.78, 5) is 31.9. The number of nitrogens with zero attached hydrogens (tertiary/aromatic N) is 2. The Balaban J connectivity index is 1.53. The maximum Gasteiger partial charge on any atom is 0.255 e. The molecule has 2 aromatic carbocycles. The van der Waals surface area contributed by atoms with Gasteiger partial charge in [-0.05, 0) is 35.4 Å². The molecular formula is C24H22ClN3O3. The third kappa shape index (κ3) is 4.76. The van der Waals surface area contributed by atoms with Crippen LogP contribution in [0.25, 0.3) is 11.1 Å². The highest BCUT2D eigenvalue weighted by Crippen LogP contribution is 2.27. The fourth-order valence-electron chi connectivity index (χ4n) is 3.79. The molecule has 2 amide bonds. The van der Waals surface area contributed by atoms with Gasteiger partial charge in [0, 0.05) is 48.1 Å². The van der Waals surface area contributed by atoms with Gasteiger partial charge in [-0.25, -0.2) is 0 Å². The van der Waals surface area contributed by atoms with E-state index in [4.69, 9.17) is 11.6 Å². The summed E-state index contributed by atoms with van der Waals surface area (Å²) in [5.74, 6) is -0.582. The Kier molecular flexibility index (Phi) is 6.30. The van der Waals surface area contributed by atoms with Crippen molar-refractivity contribution < 1.29 is 14.7 Å². The lowest BCUT2D eigenvalue weighted by Crippen LogP contribution is -2.45. The Labute approximate surface area is 185 Å². The van der Waals surface area contributed by atoms with Gasteiger partial charge in [-0.2, -0.15) is 0 Å². The first-order valence-corrected chi connectivity index (χ1v) is 10.4. The summed E-state index contributed by atoms with van der Waals surface area (Å²) in [7, 11) is 0. The fraction of sp³-hybridized carbons (Fsp3) is 0.208. The minimum Gasteiger partial charge on any atom is -0.391 e. The molecule has 158 valence electrons. The number of hydrogen-bond donors (Lipinski definition) is 2. The van der Waals surface area contributed by atoms with E-state index in [0.717, 1.165) is 16.7 Å². The lowest BCUT2D eigenvalue weighted by Gasteiger charge is -2.25. The van der Waals surface area contributed by atoms with E-state index in [9.17, 15) is 14.7 Å². The first kappa shape index (κ1) is 21.0. The van der Waals surface area contributed by atoms with Crippen LogP contribution in [0.5, 0.6) is 0 Å². The van der Waals surface area contributed by atoms with Gasteiger partial charge in [0.2, 0.25) is 5.91 Å². The van der Waals surface area contributed by atoms with Crippen LogP contribution in [0.4, 0.5) is 0 Å². The van der Waals surface area contributed by atoms with Crippen molar-refractivity contribution in [1.29, 1.82) is 0 Å². The van der Waals surface area contributed by atoms with Gasteiger partial charge in [0.25, 0.3) is 5.91 Å². The molecule has 1 aliphatic heterocycles. The number of aliphatic hydroxyl groups is 1. The molecule has 1 aromatic heterocycles. The molecule has 2 heterocycles. The molecule has 0 aliphatic carbocycles. The number of pyridine rings is 1. The molecular weight excluding hydrogens is 414 g/mol. The monoisotopic (exact) mass is 435 g/mol. The Morgan fingerprint density at radius 2 is 1.87 bits per heavy atom. The van der Waals surface area contributed by atoms with Crippen LogP contribution in [0.1, 0.15) is 22.3 Å². The molecule has 1 aliphatic rings. The predicted molar refractivity (Wildman–Crippen MR) is 118 cm³/mol. The van der Waals surface area contributed by atoms with E-state index in [1.807, 2.05) is 36.4 Å². The van der Waals surface area contributed by atoms with E-state index < -0.39 is 12.1 Å². The number of rotatable bonds is 5. The zero-order valence-corrected chi connectivity index (χ0v) is 17.5. The first-order valence-electron chi connectivity index (χ1n) is 10.0. The second-order valence-electron chi connectivity index (χ2n) is 7.49. The van der Waals surface area contributed by atoms with Crippen LogP contribution >= 0.6 is 11.6 Å². The number of β-amino-alcohol motifs (C(OH)–C–C–N with tert-alkyl or cyclic N) is 1. The van der Waals surface area contributed by atoms with Crippen LogP contribution < -0.4 is 5.32 Å². The first-order chi connectivity index (χ1) is 15.0. The number of aromatic nitrogens is 1. The Morgan fingerprint density at radius 3 is 2.61 bits per heavy atom. The molecule has 0 radical (unpaired) electrons. The topological polar surface area (TPSA) is 82.5 Å². The van der Waals surface area contributed by atoms with Crippen LogP contribution in [-0.4, -0.2) is 45.5 Å². The molecule has 6 nitrogen and oxygen atoms in total. The van der Waals surface area contributed by atoms with Gasteiger partial charge in [0.15, 0.2) is 0 Å². The average Bonchev–Trinajstić information content (AvgIpc) is 3.20. The summed E-state index contributed by atoms with van der Waals surface area (Å²) < 4.78 is 0. The lowest BCUT2D eigenvalue weighted by atomic mass is 10.00. The minimum absolute atomic E-state index is 0.110. The number of carbonyl (C=O) groups is 2. The van der Waals surface area contributed by atoms with Crippen LogP contribution in [-0.2, 0) is 11.3 Å². The number of aliphatic hydroxyl groups excluding tert-OH is 1. The number of hydrogen-bond acceptors (Lipinski definition) is 4. The van der Waals surface area contributed by atoms with E-state index in [2.05, 4.69) is 10.3 Å². The van der Waals surface area contributed by atoms with Crippen molar-refractivity contribution in [3.8, 4) is 11.1 Å². The third-order valence-electron chi connectivity index (χ3n) is 5.35. The standard InChI is InChI=1S/C24H22ClN3O3/c25-18-9-7-16(8-10-18)13-27-23(30)22-12-19(29)15-28(22)24(31)21-6-2-1-5-20(21)17-4-3-11-26-14-17/h1-11,14,19,22,29H,12-13,15H2,(H,27,30). The molecule has 1 fully saturated rings. The van der Waals surface area contributed by atoms with Gasteiger partial charge < -0.3 is 15.3 Å². The molecule has 2 N–H and O–H groups in total. The molecule has 1 saturated heterocycles. The predicted octanol–water partition coefficient (Wildman–Crippen LogP) is 3.29. The van der Waals surface area contributed by atoms with E-state index >= 15 is 0 Å². The van der Waals surface area contributed by atoms with E-state index in [1.54, 1.807) is 36.7 Å².